The first kappa shape index (κ1) is 57.7. The van der Waals surface area contributed by atoms with Gasteiger partial charge in [0, 0.05) is 13.8 Å². The molecule has 17 heteroatoms. The molecule has 0 saturated carbocycles. The van der Waals surface area contributed by atoms with Crippen LogP contribution in [0.25, 0.3) is 0 Å². The van der Waals surface area contributed by atoms with Crippen molar-refractivity contribution in [3.05, 3.63) is 0 Å². The SMILES string of the molecule is C.C.C.C.C.C.CC(F)(F)C(C)(F)OC(F)(F)CC(F)(F)F.COS(=O)(=O)F.FCOF. The lowest BCUT2D eigenvalue weighted by Gasteiger charge is -2.31. The van der Waals surface area contributed by atoms with E-state index in [2.05, 4.69) is 13.9 Å². The molecule has 0 N–H and O–H groups in total. The Morgan fingerprint density at radius 2 is 1.03 bits per heavy atom. The van der Waals surface area contributed by atoms with E-state index in [1.54, 1.807) is 0 Å². The van der Waals surface area contributed by atoms with Crippen molar-refractivity contribution in [2.75, 3.05) is 14.0 Å². The molecule has 32 heavy (non-hydrogen) atoms. The highest BCUT2D eigenvalue weighted by Gasteiger charge is 2.56. The van der Waals surface area contributed by atoms with Gasteiger partial charge in [-0.25, -0.2) is 21.7 Å². The van der Waals surface area contributed by atoms with Gasteiger partial charge in [0.2, 0.25) is 6.86 Å². The second-order valence-corrected chi connectivity index (χ2v) is 5.23. The molecular formula is C15H37F11O5S. The van der Waals surface area contributed by atoms with Crippen LogP contribution < -0.4 is 0 Å². The molecule has 0 spiro atoms. The zero-order valence-electron chi connectivity index (χ0n) is 13.0. The summed E-state index contributed by atoms with van der Waals surface area (Å²) in [5.74, 6) is -8.55. The lowest BCUT2D eigenvalue weighted by molar-refractivity contribution is -0.391. The molecule has 1 atom stereocenters. The topological polar surface area (TPSA) is 61.8 Å². The van der Waals surface area contributed by atoms with Crippen molar-refractivity contribution in [3.63, 3.8) is 0 Å². The van der Waals surface area contributed by atoms with Crippen molar-refractivity contribution >= 4 is 10.5 Å². The zero-order chi connectivity index (χ0) is 22.0. The van der Waals surface area contributed by atoms with Crippen molar-refractivity contribution < 1.29 is 70.2 Å². The first-order chi connectivity index (χ1) is 11.1. The van der Waals surface area contributed by atoms with Gasteiger partial charge in [0.1, 0.15) is 6.42 Å². The van der Waals surface area contributed by atoms with Crippen molar-refractivity contribution in [2.24, 2.45) is 0 Å². The molecule has 0 aliphatic carbocycles. The van der Waals surface area contributed by atoms with Gasteiger partial charge in [-0.15, -0.1) is 0 Å². The maximum atomic E-state index is 12.8. The number of hydrogen-bond donors (Lipinski definition) is 0. The summed E-state index contributed by atoms with van der Waals surface area (Å²) < 4.78 is 152. The fourth-order valence-electron chi connectivity index (χ4n) is 0.639. The Morgan fingerprint density at radius 3 is 1.16 bits per heavy atom. The van der Waals surface area contributed by atoms with Crippen LogP contribution in [0.2, 0.25) is 0 Å². The highest BCUT2D eigenvalue weighted by molar-refractivity contribution is 7.81. The van der Waals surface area contributed by atoms with E-state index < -0.39 is 47.8 Å². The molecule has 0 aromatic rings. The predicted molar refractivity (Wildman–Crippen MR) is 102 cm³/mol. The van der Waals surface area contributed by atoms with Crippen LogP contribution in [0.5, 0.6) is 0 Å². The molecule has 0 aliphatic rings. The Kier molecular flexibility index (Phi) is 39.4. The lowest BCUT2D eigenvalue weighted by atomic mass is 10.2. The highest BCUT2D eigenvalue weighted by Crippen LogP contribution is 2.41. The van der Waals surface area contributed by atoms with Crippen LogP contribution in [-0.4, -0.2) is 46.5 Å². The fourth-order valence-corrected chi connectivity index (χ4v) is 0.639. The second-order valence-electron chi connectivity index (χ2n) is 4.11. The van der Waals surface area contributed by atoms with Gasteiger partial charge in [0.05, 0.1) is 7.11 Å². The molecule has 0 radical (unpaired) electrons. The average molecular weight is 539 g/mol. The Labute approximate surface area is 184 Å². The molecule has 210 valence electrons. The van der Waals surface area contributed by atoms with Crippen LogP contribution in [0.15, 0.2) is 0 Å². The molecule has 0 heterocycles. The van der Waals surface area contributed by atoms with Crippen molar-refractivity contribution in [2.45, 2.75) is 88.9 Å². The van der Waals surface area contributed by atoms with Gasteiger partial charge in [0.25, 0.3) is 5.85 Å². The molecule has 0 saturated heterocycles. The van der Waals surface area contributed by atoms with Crippen molar-refractivity contribution in [1.82, 2.24) is 0 Å². The number of rotatable bonds is 6. The molecule has 1 unspecified atom stereocenters. The number of alkyl halides is 9. The van der Waals surface area contributed by atoms with Crippen LogP contribution in [0.3, 0.4) is 0 Å². The summed E-state index contributed by atoms with van der Waals surface area (Å²) in [6.07, 6.45) is -13.3. The zero-order valence-corrected chi connectivity index (χ0v) is 13.8. The molecule has 0 aromatic heterocycles. The van der Waals surface area contributed by atoms with Crippen molar-refractivity contribution in [1.29, 1.82) is 0 Å². The van der Waals surface area contributed by atoms with Gasteiger partial charge < -0.3 is 0 Å². The Bertz CT molecular complexity index is 477. The molecule has 0 bridgehead atoms. The molecular weight excluding hydrogens is 501 g/mol. The fraction of sp³-hybridized carbons (Fsp3) is 1.00. The summed E-state index contributed by atoms with van der Waals surface area (Å²) in [5.41, 5.74) is 0. The molecule has 0 aliphatic heterocycles. The van der Waals surface area contributed by atoms with Crippen molar-refractivity contribution in [3.8, 4) is 0 Å². The Morgan fingerprint density at radius 1 is 0.781 bits per heavy atom. The quantitative estimate of drug-likeness (QED) is 0.251. The Balaban J connectivity index is -0.0000000406. The summed E-state index contributed by atoms with van der Waals surface area (Å²) in [6.45, 7) is -1.51. The summed E-state index contributed by atoms with van der Waals surface area (Å²) in [6, 6.07) is 0. The van der Waals surface area contributed by atoms with Gasteiger partial charge in [-0.2, -0.15) is 35.3 Å². The molecule has 5 nitrogen and oxygen atoms in total. The first-order valence-electron chi connectivity index (χ1n) is 5.65. The average Bonchev–Trinajstić information content (AvgIpc) is 2.33. The van der Waals surface area contributed by atoms with E-state index in [0.717, 1.165) is 7.11 Å². The molecule has 0 aromatic carbocycles. The third-order valence-corrected chi connectivity index (χ3v) is 2.17. The minimum Gasteiger partial charge on any atom is -0.277 e. The standard InChI is InChI=1S/C7H8F8O.CH2F2O.CH3FO3S.6CH4/c1-4(8,9)5(2,10)16-7(14,15)3-6(11,12)13;2-1-4-3;1-5-6(2,3)4;;;;;;/h3H2,1-2H3;1H2;1H3;6*1H4. The first-order valence-corrected chi connectivity index (χ1v) is 6.96. The van der Waals surface area contributed by atoms with E-state index in [-0.39, 0.29) is 58.4 Å². The van der Waals surface area contributed by atoms with Crippen LogP contribution in [0.4, 0.5) is 47.9 Å². The van der Waals surface area contributed by atoms with E-state index in [9.17, 15) is 47.9 Å². The summed E-state index contributed by atoms with van der Waals surface area (Å²) in [5, 5.41) is 0. The maximum Gasteiger partial charge on any atom is 0.437 e. The van der Waals surface area contributed by atoms with Crippen LogP contribution in [0, 0.1) is 0 Å². The number of ether oxygens (including phenoxy) is 1. The maximum absolute atomic E-state index is 12.8. The van der Waals surface area contributed by atoms with Crippen LogP contribution in [-0.2, 0) is 24.4 Å². The lowest BCUT2D eigenvalue weighted by Crippen LogP contribution is -2.47. The minimum absolute atomic E-state index is 0. The molecule has 0 fully saturated rings. The second kappa shape index (κ2) is 21.9. The largest absolute Gasteiger partial charge is 0.437 e. The Hall–Kier alpha value is -0.940. The third-order valence-electron chi connectivity index (χ3n) is 1.77. The highest BCUT2D eigenvalue weighted by atomic mass is 32.3. The smallest absolute Gasteiger partial charge is 0.277 e. The van der Waals surface area contributed by atoms with Gasteiger partial charge in [0.15, 0.2) is 0 Å². The minimum atomic E-state index is -5.36. The van der Waals surface area contributed by atoms with E-state index in [1.165, 1.54) is 0 Å². The van der Waals surface area contributed by atoms with E-state index in [1.807, 2.05) is 0 Å². The molecule has 0 amide bonds. The third kappa shape index (κ3) is 39.5. The van der Waals surface area contributed by atoms with Gasteiger partial charge in [-0.05, 0) is 4.53 Å². The van der Waals surface area contributed by atoms with E-state index in [0.29, 0.717) is 0 Å². The predicted octanol–water partition coefficient (Wildman–Crippen LogP) is 8.37. The van der Waals surface area contributed by atoms with Gasteiger partial charge in [-0.1, -0.05) is 48.4 Å². The van der Waals surface area contributed by atoms with Crippen LogP contribution >= 0.6 is 0 Å². The summed E-state index contributed by atoms with van der Waals surface area (Å²) in [4.78, 5) is 2.38. The normalized spacial score (nSPS) is 12.3. The van der Waals surface area contributed by atoms with E-state index in [4.69, 9.17) is 8.42 Å². The molecule has 0 rings (SSSR count). The van der Waals surface area contributed by atoms with E-state index >= 15 is 0 Å². The summed E-state index contributed by atoms with van der Waals surface area (Å²) >= 11 is 0. The van der Waals surface area contributed by atoms with Gasteiger partial charge in [-0.3, -0.25) is 4.74 Å². The van der Waals surface area contributed by atoms with Crippen LogP contribution in [0.1, 0.15) is 64.8 Å². The monoisotopic (exact) mass is 538 g/mol. The number of halogens is 11. The van der Waals surface area contributed by atoms with Gasteiger partial charge >= 0.3 is 28.7 Å². The number of hydrogen-bond acceptors (Lipinski definition) is 5. The summed E-state index contributed by atoms with van der Waals surface area (Å²) in [7, 11) is -3.92.